The number of thioether (sulfide) groups is 1. The summed E-state index contributed by atoms with van der Waals surface area (Å²) < 4.78 is 10.4. The maximum atomic E-state index is 12.0. The summed E-state index contributed by atoms with van der Waals surface area (Å²) in [5.74, 6) is 0.334. The van der Waals surface area contributed by atoms with Crippen molar-refractivity contribution in [1.82, 2.24) is 0 Å². The van der Waals surface area contributed by atoms with Gasteiger partial charge in [0.1, 0.15) is 5.25 Å². The first-order chi connectivity index (χ1) is 9.11. The molecular formula is C13H14O5S. The molecule has 1 aromatic carbocycles. The fraction of sp³-hybridized carbons (Fsp3) is 0.385. The SMILES string of the molecule is CCC(SCC(=O)c1ccc2c(c1)OCO2)C(=O)O. The van der Waals surface area contributed by atoms with Gasteiger partial charge in [-0.1, -0.05) is 6.92 Å². The van der Waals surface area contributed by atoms with Gasteiger partial charge in [0.25, 0.3) is 0 Å². The molecule has 0 aliphatic carbocycles. The Labute approximate surface area is 114 Å². The molecule has 0 aromatic heterocycles. The fourth-order valence-electron chi connectivity index (χ4n) is 1.69. The van der Waals surface area contributed by atoms with Crippen molar-refractivity contribution in [2.24, 2.45) is 0 Å². The van der Waals surface area contributed by atoms with Crippen LogP contribution in [0.3, 0.4) is 0 Å². The molecule has 2 rings (SSSR count). The van der Waals surface area contributed by atoms with Gasteiger partial charge in [-0.05, 0) is 24.6 Å². The molecule has 1 aliphatic heterocycles. The molecule has 1 heterocycles. The zero-order valence-corrected chi connectivity index (χ0v) is 11.2. The third-order valence-electron chi connectivity index (χ3n) is 2.76. The van der Waals surface area contributed by atoms with Gasteiger partial charge in [0, 0.05) is 5.56 Å². The third kappa shape index (κ3) is 3.20. The Balaban J connectivity index is 1.98. The van der Waals surface area contributed by atoms with Crippen molar-refractivity contribution < 1.29 is 24.2 Å². The van der Waals surface area contributed by atoms with E-state index in [9.17, 15) is 9.59 Å². The average molecular weight is 282 g/mol. The molecule has 0 spiro atoms. The van der Waals surface area contributed by atoms with Crippen molar-refractivity contribution in [3.63, 3.8) is 0 Å². The lowest BCUT2D eigenvalue weighted by atomic mass is 10.1. The summed E-state index contributed by atoms with van der Waals surface area (Å²) in [7, 11) is 0. The summed E-state index contributed by atoms with van der Waals surface area (Å²) in [6.45, 7) is 1.95. The summed E-state index contributed by atoms with van der Waals surface area (Å²) >= 11 is 1.14. The fourth-order valence-corrected chi connectivity index (χ4v) is 2.59. The minimum atomic E-state index is -0.883. The van der Waals surface area contributed by atoms with Crippen LogP contribution in [-0.2, 0) is 4.79 Å². The van der Waals surface area contributed by atoms with E-state index in [1.807, 2.05) is 0 Å². The molecule has 0 amide bonds. The normalized spacial score (nSPS) is 14.2. The molecule has 0 saturated carbocycles. The van der Waals surface area contributed by atoms with Gasteiger partial charge in [-0.2, -0.15) is 0 Å². The minimum absolute atomic E-state index is 0.108. The van der Waals surface area contributed by atoms with E-state index in [0.29, 0.717) is 23.5 Å². The first kappa shape index (κ1) is 13.7. The number of rotatable bonds is 6. The van der Waals surface area contributed by atoms with E-state index in [0.717, 1.165) is 11.8 Å². The second kappa shape index (κ2) is 5.97. The largest absolute Gasteiger partial charge is 0.480 e. The van der Waals surface area contributed by atoms with E-state index in [-0.39, 0.29) is 18.3 Å². The van der Waals surface area contributed by atoms with E-state index in [1.54, 1.807) is 25.1 Å². The van der Waals surface area contributed by atoms with Crippen molar-refractivity contribution in [3.05, 3.63) is 23.8 Å². The molecular weight excluding hydrogens is 268 g/mol. The number of fused-ring (bicyclic) bond motifs is 1. The topological polar surface area (TPSA) is 72.8 Å². The van der Waals surface area contributed by atoms with Crippen LogP contribution in [-0.4, -0.2) is 34.7 Å². The van der Waals surface area contributed by atoms with E-state index in [1.165, 1.54) is 0 Å². The molecule has 102 valence electrons. The Morgan fingerprint density at radius 2 is 2.11 bits per heavy atom. The average Bonchev–Trinajstić information content (AvgIpc) is 2.85. The maximum absolute atomic E-state index is 12.0. The highest BCUT2D eigenvalue weighted by molar-refractivity contribution is 8.01. The van der Waals surface area contributed by atoms with Crippen LogP contribution in [0.4, 0.5) is 0 Å². The first-order valence-electron chi connectivity index (χ1n) is 5.89. The van der Waals surface area contributed by atoms with Crippen LogP contribution in [0.2, 0.25) is 0 Å². The second-order valence-corrected chi connectivity index (χ2v) is 5.23. The van der Waals surface area contributed by atoms with Crippen LogP contribution < -0.4 is 9.47 Å². The Hall–Kier alpha value is -1.69. The number of ether oxygens (including phenoxy) is 2. The lowest BCUT2D eigenvalue weighted by molar-refractivity contribution is -0.136. The zero-order valence-electron chi connectivity index (χ0n) is 10.4. The van der Waals surface area contributed by atoms with Gasteiger partial charge in [-0.15, -0.1) is 11.8 Å². The molecule has 5 nitrogen and oxygen atoms in total. The molecule has 1 N–H and O–H groups in total. The predicted octanol–water partition coefficient (Wildman–Crippen LogP) is 2.19. The van der Waals surface area contributed by atoms with Crippen molar-refractivity contribution >= 4 is 23.5 Å². The van der Waals surface area contributed by atoms with Crippen LogP contribution in [0.15, 0.2) is 18.2 Å². The number of aliphatic carboxylic acids is 1. The molecule has 19 heavy (non-hydrogen) atoms. The molecule has 1 unspecified atom stereocenters. The number of carboxylic acids is 1. The Morgan fingerprint density at radius 1 is 1.37 bits per heavy atom. The summed E-state index contributed by atoms with van der Waals surface area (Å²) in [5.41, 5.74) is 0.511. The molecule has 0 radical (unpaired) electrons. The molecule has 0 bridgehead atoms. The predicted molar refractivity (Wildman–Crippen MR) is 71.1 cm³/mol. The van der Waals surface area contributed by atoms with Gasteiger partial charge in [0.15, 0.2) is 17.3 Å². The van der Waals surface area contributed by atoms with Crippen molar-refractivity contribution in [2.45, 2.75) is 18.6 Å². The van der Waals surface area contributed by atoms with Crippen LogP contribution in [0.25, 0.3) is 0 Å². The lowest BCUT2D eigenvalue weighted by Crippen LogP contribution is -2.17. The van der Waals surface area contributed by atoms with Crippen LogP contribution >= 0.6 is 11.8 Å². The first-order valence-corrected chi connectivity index (χ1v) is 6.94. The highest BCUT2D eigenvalue weighted by Crippen LogP contribution is 2.32. The number of hydrogen-bond acceptors (Lipinski definition) is 5. The smallest absolute Gasteiger partial charge is 0.316 e. The van der Waals surface area contributed by atoms with Crippen molar-refractivity contribution in [2.75, 3.05) is 12.5 Å². The quantitative estimate of drug-likeness (QED) is 0.806. The molecule has 0 fully saturated rings. The van der Waals surface area contributed by atoms with Gasteiger partial charge < -0.3 is 14.6 Å². The van der Waals surface area contributed by atoms with E-state index in [2.05, 4.69) is 0 Å². The van der Waals surface area contributed by atoms with Crippen LogP contribution in [0.5, 0.6) is 11.5 Å². The van der Waals surface area contributed by atoms with Gasteiger partial charge in [0.05, 0.1) is 5.75 Å². The number of hydrogen-bond donors (Lipinski definition) is 1. The molecule has 1 atom stereocenters. The van der Waals surface area contributed by atoms with Gasteiger partial charge >= 0.3 is 5.97 Å². The number of carboxylic acid groups (broad SMARTS) is 1. The second-order valence-electron chi connectivity index (χ2n) is 4.04. The molecule has 1 aromatic rings. The van der Waals surface area contributed by atoms with Crippen LogP contribution in [0, 0.1) is 0 Å². The Kier molecular flexibility index (Phi) is 4.31. The highest BCUT2D eigenvalue weighted by atomic mass is 32.2. The Bertz CT molecular complexity index is 500. The highest BCUT2D eigenvalue weighted by Gasteiger charge is 2.19. The minimum Gasteiger partial charge on any atom is -0.480 e. The van der Waals surface area contributed by atoms with Crippen molar-refractivity contribution in [3.8, 4) is 11.5 Å². The van der Waals surface area contributed by atoms with E-state index in [4.69, 9.17) is 14.6 Å². The summed E-state index contributed by atoms with van der Waals surface area (Å²) in [6, 6.07) is 4.99. The summed E-state index contributed by atoms with van der Waals surface area (Å²) in [4.78, 5) is 22.8. The maximum Gasteiger partial charge on any atom is 0.316 e. The van der Waals surface area contributed by atoms with Crippen molar-refractivity contribution in [1.29, 1.82) is 0 Å². The monoisotopic (exact) mass is 282 g/mol. The molecule has 0 saturated heterocycles. The standard InChI is InChI=1S/C13H14O5S/c1-2-12(13(15)16)19-6-9(14)8-3-4-10-11(5-8)18-7-17-10/h3-5,12H,2,6-7H2,1H3,(H,15,16). The number of carbonyl (C=O) groups excluding carboxylic acids is 1. The molecule has 1 aliphatic rings. The van der Waals surface area contributed by atoms with Gasteiger partial charge in [-0.25, -0.2) is 0 Å². The van der Waals surface area contributed by atoms with Gasteiger partial charge in [0.2, 0.25) is 6.79 Å². The van der Waals surface area contributed by atoms with Gasteiger partial charge in [-0.3, -0.25) is 9.59 Å². The van der Waals surface area contributed by atoms with Crippen LogP contribution in [0.1, 0.15) is 23.7 Å². The number of carbonyl (C=O) groups is 2. The van der Waals surface area contributed by atoms with E-state index >= 15 is 0 Å². The number of benzene rings is 1. The van der Waals surface area contributed by atoms with E-state index < -0.39 is 11.2 Å². The summed E-state index contributed by atoms with van der Waals surface area (Å²) in [5, 5.41) is 8.37. The number of Topliss-reactive ketones (excluding diaryl/α,β-unsaturated/α-hetero) is 1. The zero-order chi connectivity index (χ0) is 13.8. The number of ketones is 1. The Morgan fingerprint density at radius 3 is 2.79 bits per heavy atom. The molecule has 6 heteroatoms. The summed E-state index contributed by atoms with van der Waals surface area (Å²) in [6.07, 6.45) is 0.494. The third-order valence-corrected chi connectivity index (χ3v) is 4.12. The lowest BCUT2D eigenvalue weighted by Gasteiger charge is -2.08.